The van der Waals surface area contributed by atoms with E-state index in [0.717, 1.165) is 22.5 Å². The van der Waals surface area contributed by atoms with Crippen molar-refractivity contribution in [3.05, 3.63) is 76.5 Å². The Bertz CT molecular complexity index is 1460. The van der Waals surface area contributed by atoms with Crippen LogP contribution in [0.4, 0.5) is 0 Å². The number of aryl methyl sites for hydroxylation is 2. The molecule has 1 aliphatic heterocycles. The molecule has 1 fully saturated rings. The normalized spacial score (nSPS) is 16.2. The number of ether oxygens (including phenoxy) is 1. The van der Waals surface area contributed by atoms with E-state index in [0.29, 0.717) is 35.4 Å². The average Bonchev–Trinajstić information content (AvgIpc) is 3.23. The molecule has 33 heavy (non-hydrogen) atoms. The fourth-order valence-corrected chi connectivity index (χ4v) is 5.88. The molecule has 7 nitrogen and oxygen atoms in total. The van der Waals surface area contributed by atoms with Gasteiger partial charge in [-0.2, -0.15) is 0 Å². The molecule has 1 saturated heterocycles. The van der Waals surface area contributed by atoms with E-state index in [-0.39, 0.29) is 23.0 Å². The van der Waals surface area contributed by atoms with Crippen molar-refractivity contribution in [2.75, 3.05) is 11.5 Å². The molecule has 170 valence electrons. The summed E-state index contributed by atoms with van der Waals surface area (Å²) in [5.74, 6) is 2.50. The number of H-pyrrole nitrogens is 1. The molecule has 5 rings (SSSR count). The summed E-state index contributed by atoms with van der Waals surface area (Å²) in [5.41, 5.74) is 3.80. The van der Waals surface area contributed by atoms with Crippen molar-refractivity contribution in [1.29, 1.82) is 0 Å². The zero-order valence-corrected chi connectivity index (χ0v) is 19.4. The van der Waals surface area contributed by atoms with Crippen LogP contribution in [0.25, 0.3) is 22.2 Å². The minimum absolute atomic E-state index is 0.0420. The lowest BCUT2D eigenvalue weighted by Gasteiger charge is -2.19. The summed E-state index contributed by atoms with van der Waals surface area (Å²) in [4.78, 5) is 20.5. The predicted octanol–water partition coefficient (Wildman–Crippen LogP) is 4.32. The Morgan fingerprint density at radius 2 is 1.82 bits per heavy atom. The predicted molar refractivity (Wildman–Crippen MR) is 129 cm³/mol. The summed E-state index contributed by atoms with van der Waals surface area (Å²) in [7, 11) is -1.22. The zero-order chi connectivity index (χ0) is 23.2. The fraction of sp³-hybridized carbons (Fsp3) is 0.280. The third-order valence-electron chi connectivity index (χ3n) is 6.20. The van der Waals surface area contributed by atoms with Crippen LogP contribution >= 0.6 is 0 Å². The van der Waals surface area contributed by atoms with Crippen molar-refractivity contribution in [3.8, 4) is 22.6 Å². The fourth-order valence-electron chi connectivity index (χ4n) is 4.39. The van der Waals surface area contributed by atoms with E-state index >= 15 is 0 Å². The lowest BCUT2D eigenvalue weighted by molar-refractivity contribution is 0.488. The molecule has 0 atom stereocenters. The second-order valence-electron chi connectivity index (χ2n) is 8.63. The van der Waals surface area contributed by atoms with Gasteiger partial charge in [-0.05, 0) is 50.1 Å². The maximum absolute atomic E-state index is 12.2. The van der Waals surface area contributed by atoms with Crippen LogP contribution in [0.1, 0.15) is 30.1 Å². The Labute approximate surface area is 192 Å². The first kappa shape index (κ1) is 21.5. The standard InChI is InChI=1S/C25H25N3O4S/c1-16-14-18(15-28(2)25(16)29)20-8-9-21-22(23(20)32-19-6-4-3-5-7-19)27-24(26-21)17-10-12-33(30,31)13-11-17/h3-9,14-15,17H,10-13H2,1-2H3,(H,26,27). The number of fused-ring (bicyclic) bond motifs is 1. The molecule has 0 spiro atoms. The number of aromatic nitrogens is 3. The summed E-state index contributed by atoms with van der Waals surface area (Å²) in [6.45, 7) is 1.80. The second kappa shape index (κ2) is 8.19. The summed E-state index contributed by atoms with van der Waals surface area (Å²) in [6.07, 6.45) is 2.92. The molecule has 0 unspecified atom stereocenters. The van der Waals surface area contributed by atoms with Crippen molar-refractivity contribution >= 4 is 20.9 Å². The van der Waals surface area contributed by atoms with Crippen LogP contribution in [0.15, 0.2) is 59.5 Å². The van der Waals surface area contributed by atoms with Gasteiger partial charge in [0.05, 0.1) is 17.0 Å². The van der Waals surface area contributed by atoms with Crippen LogP contribution in [0.2, 0.25) is 0 Å². The monoisotopic (exact) mass is 463 g/mol. The number of imidazole rings is 1. The Morgan fingerprint density at radius 1 is 1.09 bits per heavy atom. The molecule has 0 bridgehead atoms. The van der Waals surface area contributed by atoms with Gasteiger partial charge in [0.25, 0.3) is 5.56 Å². The van der Waals surface area contributed by atoms with Gasteiger partial charge in [0.2, 0.25) is 0 Å². The zero-order valence-electron chi connectivity index (χ0n) is 18.5. The molecule has 0 aliphatic carbocycles. The van der Waals surface area contributed by atoms with Crippen molar-refractivity contribution in [1.82, 2.24) is 14.5 Å². The third-order valence-corrected chi connectivity index (χ3v) is 7.92. The largest absolute Gasteiger partial charge is 0.454 e. The van der Waals surface area contributed by atoms with Crippen LogP contribution in [0, 0.1) is 6.92 Å². The van der Waals surface area contributed by atoms with E-state index in [1.54, 1.807) is 24.7 Å². The maximum Gasteiger partial charge on any atom is 0.253 e. The first-order valence-electron chi connectivity index (χ1n) is 10.9. The number of benzene rings is 2. The smallest absolute Gasteiger partial charge is 0.253 e. The molecule has 2 aromatic carbocycles. The maximum atomic E-state index is 12.2. The molecular weight excluding hydrogens is 438 g/mol. The Kier molecular flexibility index (Phi) is 5.32. The van der Waals surface area contributed by atoms with Gasteiger partial charge in [0, 0.05) is 35.9 Å². The topological polar surface area (TPSA) is 94.0 Å². The van der Waals surface area contributed by atoms with E-state index in [4.69, 9.17) is 9.72 Å². The minimum Gasteiger partial charge on any atom is -0.454 e. The van der Waals surface area contributed by atoms with Gasteiger partial charge in [0.1, 0.15) is 26.9 Å². The molecule has 1 N–H and O–H groups in total. The van der Waals surface area contributed by atoms with Gasteiger partial charge < -0.3 is 14.3 Å². The number of nitrogens with one attached hydrogen (secondary N) is 1. The number of nitrogens with zero attached hydrogens (tertiary/aromatic N) is 2. The number of hydrogen-bond donors (Lipinski definition) is 1. The first-order chi connectivity index (χ1) is 15.8. The third kappa shape index (κ3) is 4.18. The summed E-state index contributed by atoms with van der Waals surface area (Å²) >= 11 is 0. The number of para-hydroxylation sites is 1. The molecule has 4 aromatic rings. The van der Waals surface area contributed by atoms with Gasteiger partial charge in [-0.3, -0.25) is 4.79 Å². The Balaban J connectivity index is 1.65. The molecule has 8 heteroatoms. The highest BCUT2D eigenvalue weighted by molar-refractivity contribution is 7.91. The molecule has 2 aromatic heterocycles. The summed E-state index contributed by atoms with van der Waals surface area (Å²) in [5, 5.41) is 0. The quantitative estimate of drug-likeness (QED) is 0.486. The highest BCUT2D eigenvalue weighted by atomic mass is 32.2. The number of rotatable bonds is 4. The lowest BCUT2D eigenvalue weighted by atomic mass is 10.0. The second-order valence-corrected chi connectivity index (χ2v) is 10.9. The Hall–Kier alpha value is -3.39. The van der Waals surface area contributed by atoms with Crippen molar-refractivity contribution < 1.29 is 13.2 Å². The van der Waals surface area contributed by atoms with E-state index in [2.05, 4.69) is 4.98 Å². The molecule has 0 saturated carbocycles. The Morgan fingerprint density at radius 3 is 2.52 bits per heavy atom. The minimum atomic E-state index is -2.95. The average molecular weight is 464 g/mol. The van der Waals surface area contributed by atoms with Gasteiger partial charge >= 0.3 is 0 Å². The van der Waals surface area contributed by atoms with Crippen LogP contribution < -0.4 is 10.3 Å². The number of hydrogen-bond acceptors (Lipinski definition) is 5. The highest BCUT2D eigenvalue weighted by Crippen LogP contribution is 2.40. The van der Waals surface area contributed by atoms with Crippen LogP contribution in [0.5, 0.6) is 11.5 Å². The van der Waals surface area contributed by atoms with E-state index in [9.17, 15) is 13.2 Å². The first-order valence-corrected chi connectivity index (χ1v) is 12.8. The number of pyridine rings is 1. The highest BCUT2D eigenvalue weighted by Gasteiger charge is 2.27. The SMILES string of the molecule is Cc1cc(-c2ccc3[nH]c(C4CCS(=O)(=O)CC4)nc3c2Oc2ccccc2)cn(C)c1=O. The van der Waals surface area contributed by atoms with E-state index < -0.39 is 9.84 Å². The van der Waals surface area contributed by atoms with Crippen LogP contribution in [-0.4, -0.2) is 34.5 Å². The summed E-state index contributed by atoms with van der Waals surface area (Å²) in [6, 6.07) is 15.3. The van der Waals surface area contributed by atoms with Crippen molar-refractivity contribution in [2.24, 2.45) is 7.05 Å². The van der Waals surface area contributed by atoms with Crippen LogP contribution in [0.3, 0.4) is 0 Å². The van der Waals surface area contributed by atoms with Gasteiger partial charge in [-0.25, -0.2) is 13.4 Å². The van der Waals surface area contributed by atoms with Crippen molar-refractivity contribution in [3.63, 3.8) is 0 Å². The van der Waals surface area contributed by atoms with Gasteiger partial charge in [0.15, 0.2) is 5.75 Å². The van der Waals surface area contributed by atoms with Gasteiger partial charge in [-0.15, -0.1) is 0 Å². The van der Waals surface area contributed by atoms with E-state index in [1.807, 2.05) is 48.5 Å². The number of aromatic amines is 1. The number of sulfone groups is 1. The molecule has 1 aliphatic rings. The van der Waals surface area contributed by atoms with E-state index in [1.165, 1.54) is 0 Å². The molecule has 0 amide bonds. The molecular formula is C25H25N3O4S. The molecule has 0 radical (unpaired) electrons. The van der Waals surface area contributed by atoms with Crippen LogP contribution in [-0.2, 0) is 16.9 Å². The van der Waals surface area contributed by atoms with Gasteiger partial charge in [-0.1, -0.05) is 18.2 Å². The van der Waals surface area contributed by atoms with Crippen molar-refractivity contribution in [2.45, 2.75) is 25.7 Å². The summed E-state index contributed by atoms with van der Waals surface area (Å²) < 4.78 is 31.6. The lowest BCUT2D eigenvalue weighted by Crippen LogP contribution is -2.22. The molecule has 3 heterocycles.